The molecule has 0 saturated heterocycles. The van der Waals surface area contributed by atoms with Crippen LogP contribution in [0.3, 0.4) is 0 Å². The molecule has 0 amide bonds. The lowest BCUT2D eigenvalue weighted by atomic mass is 9.65. The number of ether oxygens (including phenoxy) is 1. The standard InChI is InChI=1S/C22H20O6/c1-12(2)13-7-8-16-17(9-13)28-22(11-19(25)26)15-6-4-3-5-14(15)20(27)21(16,22)10-18(23)24/h3-9,12H,10-11H2,1-2H3,(H,23,24)(H,25,26). The van der Waals surface area contributed by atoms with E-state index in [4.69, 9.17) is 4.74 Å². The zero-order chi connectivity index (χ0) is 20.3. The third kappa shape index (κ3) is 2.17. The molecule has 6 nitrogen and oxygen atoms in total. The highest BCUT2D eigenvalue weighted by atomic mass is 16.5. The second-order valence-electron chi connectivity index (χ2n) is 7.76. The van der Waals surface area contributed by atoms with Crippen molar-refractivity contribution in [1.29, 1.82) is 0 Å². The van der Waals surface area contributed by atoms with Gasteiger partial charge in [-0.1, -0.05) is 50.2 Å². The molecule has 0 bridgehead atoms. The number of Topliss-reactive ketones (excluding diaryl/α,β-unsaturated/α-hetero) is 1. The number of rotatable bonds is 5. The van der Waals surface area contributed by atoms with Crippen molar-refractivity contribution in [1.82, 2.24) is 0 Å². The van der Waals surface area contributed by atoms with Gasteiger partial charge in [0.05, 0.1) is 12.8 Å². The van der Waals surface area contributed by atoms with Gasteiger partial charge in [0.1, 0.15) is 11.2 Å². The van der Waals surface area contributed by atoms with E-state index in [0.717, 1.165) is 5.56 Å². The molecule has 2 N–H and O–H groups in total. The fourth-order valence-corrected chi connectivity index (χ4v) is 4.72. The number of fused-ring (bicyclic) bond motifs is 5. The molecule has 1 aliphatic heterocycles. The predicted molar refractivity (Wildman–Crippen MR) is 99.8 cm³/mol. The second-order valence-corrected chi connectivity index (χ2v) is 7.76. The van der Waals surface area contributed by atoms with Gasteiger partial charge in [0.25, 0.3) is 0 Å². The highest BCUT2D eigenvalue weighted by Gasteiger charge is 2.71. The van der Waals surface area contributed by atoms with Crippen molar-refractivity contribution in [3.63, 3.8) is 0 Å². The molecule has 6 heteroatoms. The molecule has 0 aromatic heterocycles. The monoisotopic (exact) mass is 380 g/mol. The first-order valence-electron chi connectivity index (χ1n) is 9.14. The average molecular weight is 380 g/mol. The Kier molecular flexibility index (Phi) is 3.86. The zero-order valence-electron chi connectivity index (χ0n) is 15.6. The molecule has 1 heterocycles. The molecule has 0 radical (unpaired) electrons. The van der Waals surface area contributed by atoms with Crippen molar-refractivity contribution in [2.24, 2.45) is 0 Å². The van der Waals surface area contributed by atoms with Crippen LogP contribution in [0, 0.1) is 0 Å². The molecule has 28 heavy (non-hydrogen) atoms. The van der Waals surface area contributed by atoms with Gasteiger partial charge in [-0.25, -0.2) is 0 Å². The average Bonchev–Trinajstić information content (AvgIpc) is 2.99. The van der Waals surface area contributed by atoms with Crippen LogP contribution < -0.4 is 4.74 Å². The van der Waals surface area contributed by atoms with Gasteiger partial charge in [0.15, 0.2) is 11.4 Å². The molecule has 2 aliphatic rings. The van der Waals surface area contributed by atoms with E-state index in [9.17, 15) is 24.6 Å². The number of hydrogen-bond donors (Lipinski definition) is 2. The minimum absolute atomic E-state index is 0.197. The molecule has 2 aromatic rings. The third-order valence-corrected chi connectivity index (χ3v) is 5.92. The summed E-state index contributed by atoms with van der Waals surface area (Å²) in [5.74, 6) is -2.15. The topological polar surface area (TPSA) is 101 Å². The summed E-state index contributed by atoms with van der Waals surface area (Å²) >= 11 is 0. The van der Waals surface area contributed by atoms with Crippen LogP contribution in [-0.4, -0.2) is 27.9 Å². The molecule has 0 fully saturated rings. The van der Waals surface area contributed by atoms with Crippen LogP contribution >= 0.6 is 0 Å². The SMILES string of the molecule is CC(C)c1ccc2c(c1)OC1(CC(=O)O)c3ccccc3C(=O)C21CC(=O)O. The summed E-state index contributed by atoms with van der Waals surface area (Å²) in [6.07, 6.45) is -1.05. The fourth-order valence-electron chi connectivity index (χ4n) is 4.72. The van der Waals surface area contributed by atoms with Gasteiger partial charge in [0, 0.05) is 16.7 Å². The van der Waals surface area contributed by atoms with E-state index in [-0.39, 0.29) is 5.92 Å². The van der Waals surface area contributed by atoms with Gasteiger partial charge in [-0.05, 0) is 17.5 Å². The van der Waals surface area contributed by atoms with Crippen LogP contribution in [0.15, 0.2) is 42.5 Å². The van der Waals surface area contributed by atoms with Gasteiger partial charge in [-0.3, -0.25) is 14.4 Å². The molecule has 144 valence electrons. The van der Waals surface area contributed by atoms with Gasteiger partial charge in [-0.2, -0.15) is 0 Å². The van der Waals surface area contributed by atoms with Crippen LogP contribution in [-0.2, 0) is 20.6 Å². The van der Waals surface area contributed by atoms with Crippen LogP contribution in [0.4, 0.5) is 0 Å². The number of carbonyl (C=O) groups excluding carboxylic acids is 1. The van der Waals surface area contributed by atoms with Gasteiger partial charge < -0.3 is 14.9 Å². The van der Waals surface area contributed by atoms with E-state index in [2.05, 4.69) is 0 Å². The van der Waals surface area contributed by atoms with Crippen molar-refractivity contribution in [3.8, 4) is 5.75 Å². The Labute approximate surface area is 161 Å². The Hall–Kier alpha value is -3.15. The van der Waals surface area contributed by atoms with Crippen LogP contribution in [0.5, 0.6) is 5.75 Å². The van der Waals surface area contributed by atoms with E-state index in [1.54, 1.807) is 36.4 Å². The fraction of sp³-hybridized carbons (Fsp3) is 0.318. The molecular weight excluding hydrogens is 360 g/mol. The highest BCUT2D eigenvalue weighted by Crippen LogP contribution is 2.63. The molecule has 2 unspecified atom stereocenters. The quantitative estimate of drug-likeness (QED) is 0.824. The lowest BCUT2D eigenvalue weighted by Gasteiger charge is -2.36. The molecule has 4 rings (SSSR count). The minimum Gasteiger partial charge on any atom is -0.481 e. The summed E-state index contributed by atoms with van der Waals surface area (Å²) in [7, 11) is 0. The highest BCUT2D eigenvalue weighted by molar-refractivity contribution is 6.13. The number of benzene rings is 2. The van der Waals surface area contributed by atoms with E-state index in [0.29, 0.717) is 22.4 Å². The Bertz CT molecular complexity index is 1020. The van der Waals surface area contributed by atoms with E-state index in [1.165, 1.54) is 0 Å². The summed E-state index contributed by atoms with van der Waals surface area (Å²) in [5, 5.41) is 19.3. The summed E-state index contributed by atoms with van der Waals surface area (Å²) in [5.41, 5.74) is -1.01. The maximum Gasteiger partial charge on any atom is 0.307 e. The van der Waals surface area contributed by atoms with Crippen LogP contribution in [0.2, 0.25) is 0 Å². The number of ketones is 1. The van der Waals surface area contributed by atoms with Crippen LogP contribution in [0.1, 0.15) is 59.7 Å². The molecule has 1 aliphatic carbocycles. The third-order valence-electron chi connectivity index (χ3n) is 5.92. The van der Waals surface area contributed by atoms with Gasteiger partial charge in [0.2, 0.25) is 0 Å². The van der Waals surface area contributed by atoms with E-state index in [1.807, 2.05) is 19.9 Å². The van der Waals surface area contributed by atoms with Gasteiger partial charge in [-0.15, -0.1) is 0 Å². The summed E-state index contributed by atoms with van der Waals surface area (Å²) < 4.78 is 6.26. The largest absolute Gasteiger partial charge is 0.481 e. The minimum atomic E-state index is -1.61. The molecule has 2 atom stereocenters. The first kappa shape index (κ1) is 18.2. The first-order chi connectivity index (χ1) is 13.2. The number of carboxylic acid groups (broad SMARTS) is 2. The Morgan fingerprint density at radius 1 is 1.00 bits per heavy atom. The maximum absolute atomic E-state index is 13.6. The van der Waals surface area contributed by atoms with Gasteiger partial charge >= 0.3 is 11.9 Å². The summed E-state index contributed by atoms with van der Waals surface area (Å²) in [4.78, 5) is 37.2. The summed E-state index contributed by atoms with van der Waals surface area (Å²) in [6.45, 7) is 4.02. The van der Waals surface area contributed by atoms with E-state index >= 15 is 0 Å². The van der Waals surface area contributed by atoms with Crippen molar-refractivity contribution in [2.75, 3.05) is 0 Å². The number of carbonyl (C=O) groups is 3. The molecular formula is C22H20O6. The Morgan fingerprint density at radius 3 is 2.32 bits per heavy atom. The lowest BCUT2D eigenvalue weighted by molar-refractivity contribution is -0.146. The van der Waals surface area contributed by atoms with Crippen molar-refractivity contribution >= 4 is 17.7 Å². The zero-order valence-corrected chi connectivity index (χ0v) is 15.6. The first-order valence-corrected chi connectivity index (χ1v) is 9.14. The molecule has 2 aromatic carbocycles. The van der Waals surface area contributed by atoms with Crippen molar-refractivity contribution in [3.05, 3.63) is 64.7 Å². The number of aliphatic carboxylic acids is 2. The molecule has 0 spiro atoms. The number of carboxylic acids is 2. The second kappa shape index (κ2) is 5.92. The lowest BCUT2D eigenvalue weighted by Crippen LogP contribution is -2.51. The van der Waals surface area contributed by atoms with Crippen molar-refractivity contribution < 1.29 is 29.3 Å². The van der Waals surface area contributed by atoms with Crippen LogP contribution in [0.25, 0.3) is 0 Å². The smallest absolute Gasteiger partial charge is 0.307 e. The predicted octanol–water partition coefficient (Wildman–Crippen LogP) is 3.48. The molecule has 0 saturated carbocycles. The normalized spacial score (nSPS) is 24.5. The maximum atomic E-state index is 13.6. The number of hydrogen-bond acceptors (Lipinski definition) is 4. The van der Waals surface area contributed by atoms with E-state index < -0.39 is 41.6 Å². The summed E-state index contributed by atoms with van der Waals surface area (Å²) in [6, 6.07) is 12.0. The van der Waals surface area contributed by atoms with Crippen molar-refractivity contribution in [2.45, 2.75) is 43.6 Å². The Morgan fingerprint density at radius 2 is 1.68 bits per heavy atom. The Balaban J connectivity index is 2.06.